The molecule has 0 aliphatic carbocycles. The SMILES string of the molecule is CCc1nc2c(N=C(N)N=C(N)N)cccc2o1. The Balaban J connectivity index is 2.51. The second kappa shape index (κ2) is 4.74. The number of guanidine groups is 2. The van der Waals surface area contributed by atoms with E-state index >= 15 is 0 Å². The quantitative estimate of drug-likeness (QED) is 0.528. The Bertz CT molecular complexity index is 623. The van der Waals surface area contributed by atoms with Crippen molar-refractivity contribution in [2.75, 3.05) is 0 Å². The summed E-state index contributed by atoms with van der Waals surface area (Å²) in [5, 5.41) is 0. The molecule has 0 saturated carbocycles. The minimum Gasteiger partial charge on any atom is -0.441 e. The third-order valence-electron chi connectivity index (χ3n) is 2.22. The Morgan fingerprint density at radius 2 is 2.11 bits per heavy atom. The standard InChI is InChI=1S/C11H14N6O/c1-2-8-16-9-6(4-3-5-7(9)18-8)15-11(14)17-10(12)13/h3-5H,2H2,1H3,(H6,12,13,14,15,17). The van der Waals surface area contributed by atoms with Crippen LogP contribution in [0, 0.1) is 0 Å². The number of nitrogens with two attached hydrogens (primary N) is 3. The van der Waals surface area contributed by atoms with Crippen molar-refractivity contribution in [3.63, 3.8) is 0 Å². The van der Waals surface area contributed by atoms with Crippen molar-refractivity contribution in [3.8, 4) is 0 Å². The number of aryl methyl sites for hydroxylation is 1. The summed E-state index contributed by atoms with van der Waals surface area (Å²) in [6.45, 7) is 1.96. The number of nitrogens with zero attached hydrogens (tertiary/aromatic N) is 3. The zero-order valence-electron chi connectivity index (χ0n) is 9.92. The number of rotatable bonds is 2. The molecule has 0 aliphatic heterocycles. The summed E-state index contributed by atoms with van der Waals surface area (Å²) in [6, 6.07) is 5.38. The van der Waals surface area contributed by atoms with Crippen molar-refractivity contribution in [1.29, 1.82) is 0 Å². The molecule has 0 bridgehead atoms. The van der Waals surface area contributed by atoms with Crippen LogP contribution in [0.1, 0.15) is 12.8 Å². The normalized spacial score (nSPS) is 11.7. The lowest BCUT2D eigenvalue weighted by Crippen LogP contribution is -2.26. The summed E-state index contributed by atoms with van der Waals surface area (Å²) in [4.78, 5) is 12.1. The smallest absolute Gasteiger partial charge is 0.223 e. The fourth-order valence-corrected chi connectivity index (χ4v) is 1.50. The van der Waals surface area contributed by atoms with E-state index in [1.807, 2.05) is 13.0 Å². The van der Waals surface area contributed by atoms with Gasteiger partial charge in [0.1, 0.15) is 5.52 Å². The molecule has 2 aromatic rings. The van der Waals surface area contributed by atoms with Gasteiger partial charge in [0.15, 0.2) is 17.4 Å². The molecule has 0 atom stereocenters. The molecule has 0 saturated heterocycles. The Labute approximate surface area is 103 Å². The van der Waals surface area contributed by atoms with E-state index in [-0.39, 0.29) is 11.9 Å². The number of hydrogen-bond donors (Lipinski definition) is 3. The molecule has 0 spiro atoms. The number of fused-ring (bicyclic) bond motifs is 1. The van der Waals surface area contributed by atoms with E-state index in [1.54, 1.807) is 12.1 Å². The van der Waals surface area contributed by atoms with Crippen LogP contribution in [0.2, 0.25) is 0 Å². The van der Waals surface area contributed by atoms with E-state index in [0.29, 0.717) is 29.1 Å². The zero-order chi connectivity index (χ0) is 13.1. The van der Waals surface area contributed by atoms with Crippen LogP contribution in [-0.2, 0) is 6.42 Å². The van der Waals surface area contributed by atoms with Crippen LogP contribution in [0.3, 0.4) is 0 Å². The van der Waals surface area contributed by atoms with Crippen molar-refractivity contribution >= 4 is 28.7 Å². The van der Waals surface area contributed by atoms with Crippen molar-refractivity contribution < 1.29 is 4.42 Å². The minimum absolute atomic E-state index is 0.0245. The van der Waals surface area contributed by atoms with E-state index in [0.717, 1.165) is 0 Å². The molecule has 2 rings (SSSR count). The second-order valence-electron chi connectivity index (χ2n) is 3.59. The van der Waals surface area contributed by atoms with Gasteiger partial charge in [-0.05, 0) is 12.1 Å². The van der Waals surface area contributed by atoms with Gasteiger partial charge in [0.2, 0.25) is 5.96 Å². The van der Waals surface area contributed by atoms with Gasteiger partial charge in [0.25, 0.3) is 0 Å². The average Bonchev–Trinajstić information content (AvgIpc) is 2.72. The van der Waals surface area contributed by atoms with Gasteiger partial charge in [-0.1, -0.05) is 13.0 Å². The van der Waals surface area contributed by atoms with Gasteiger partial charge in [-0.3, -0.25) is 0 Å². The monoisotopic (exact) mass is 246 g/mol. The number of hydrogen-bond acceptors (Lipinski definition) is 3. The Morgan fingerprint density at radius 3 is 2.78 bits per heavy atom. The topological polar surface area (TPSA) is 129 Å². The van der Waals surface area contributed by atoms with Crippen LogP contribution in [0.25, 0.3) is 11.1 Å². The lowest BCUT2D eigenvalue weighted by Gasteiger charge is -1.96. The van der Waals surface area contributed by atoms with Gasteiger partial charge >= 0.3 is 0 Å². The molecular weight excluding hydrogens is 232 g/mol. The third kappa shape index (κ3) is 2.40. The van der Waals surface area contributed by atoms with Crippen LogP contribution >= 0.6 is 0 Å². The molecule has 94 valence electrons. The van der Waals surface area contributed by atoms with Crippen molar-refractivity contribution in [2.45, 2.75) is 13.3 Å². The highest BCUT2D eigenvalue weighted by Gasteiger charge is 2.08. The molecular formula is C11H14N6O. The highest BCUT2D eigenvalue weighted by atomic mass is 16.3. The fraction of sp³-hybridized carbons (Fsp3) is 0.182. The van der Waals surface area contributed by atoms with Gasteiger partial charge in [-0.15, -0.1) is 0 Å². The summed E-state index contributed by atoms with van der Waals surface area (Å²) in [7, 11) is 0. The predicted molar refractivity (Wildman–Crippen MR) is 70.5 cm³/mol. The summed E-state index contributed by atoms with van der Waals surface area (Å²) in [5.41, 5.74) is 17.9. The minimum atomic E-state index is -0.141. The van der Waals surface area contributed by atoms with Gasteiger partial charge in [-0.2, -0.15) is 4.99 Å². The highest BCUT2D eigenvalue weighted by Crippen LogP contribution is 2.26. The van der Waals surface area contributed by atoms with Crippen LogP contribution in [0.5, 0.6) is 0 Å². The van der Waals surface area contributed by atoms with Crippen LogP contribution in [0.15, 0.2) is 32.6 Å². The maximum absolute atomic E-state index is 5.58. The van der Waals surface area contributed by atoms with E-state index in [9.17, 15) is 0 Å². The molecule has 7 heteroatoms. The molecule has 0 aliphatic rings. The van der Waals surface area contributed by atoms with Crippen molar-refractivity contribution in [1.82, 2.24) is 4.98 Å². The predicted octanol–water partition coefficient (Wildman–Crippen LogP) is 0.610. The first-order chi connectivity index (χ1) is 8.60. The number of aliphatic imine (C=N–C) groups is 2. The van der Waals surface area contributed by atoms with Gasteiger partial charge < -0.3 is 21.6 Å². The summed E-state index contributed by atoms with van der Waals surface area (Å²) in [6.07, 6.45) is 0.710. The highest BCUT2D eigenvalue weighted by molar-refractivity contribution is 5.96. The molecule has 0 radical (unpaired) electrons. The fourth-order valence-electron chi connectivity index (χ4n) is 1.50. The summed E-state index contributed by atoms with van der Waals surface area (Å²) >= 11 is 0. The largest absolute Gasteiger partial charge is 0.441 e. The number of para-hydroxylation sites is 1. The van der Waals surface area contributed by atoms with Crippen LogP contribution < -0.4 is 17.2 Å². The number of benzene rings is 1. The second-order valence-corrected chi connectivity index (χ2v) is 3.59. The molecule has 0 unspecified atom stereocenters. The average molecular weight is 246 g/mol. The summed E-state index contributed by atoms with van der Waals surface area (Å²) < 4.78 is 5.51. The molecule has 7 nitrogen and oxygen atoms in total. The molecule has 1 aromatic carbocycles. The van der Waals surface area contributed by atoms with Crippen LogP contribution in [-0.4, -0.2) is 16.9 Å². The molecule has 18 heavy (non-hydrogen) atoms. The number of oxazole rings is 1. The van der Waals surface area contributed by atoms with Crippen LogP contribution in [0.4, 0.5) is 5.69 Å². The lowest BCUT2D eigenvalue weighted by atomic mass is 10.3. The van der Waals surface area contributed by atoms with Gasteiger partial charge in [0.05, 0.1) is 5.69 Å². The molecule has 0 amide bonds. The van der Waals surface area contributed by atoms with Crippen molar-refractivity contribution in [2.24, 2.45) is 27.2 Å². The van der Waals surface area contributed by atoms with E-state index in [4.69, 9.17) is 21.6 Å². The molecule has 6 N–H and O–H groups in total. The molecule has 1 heterocycles. The van der Waals surface area contributed by atoms with Gasteiger partial charge in [-0.25, -0.2) is 9.98 Å². The first kappa shape index (κ1) is 11.9. The first-order valence-corrected chi connectivity index (χ1v) is 5.42. The molecule has 1 aromatic heterocycles. The van der Waals surface area contributed by atoms with Gasteiger partial charge in [0, 0.05) is 6.42 Å². The Kier molecular flexibility index (Phi) is 3.13. The zero-order valence-corrected chi connectivity index (χ0v) is 9.92. The summed E-state index contributed by atoms with van der Waals surface area (Å²) in [5.74, 6) is 0.481. The maximum atomic E-state index is 5.58. The molecule has 0 fully saturated rings. The Hall–Kier alpha value is -2.57. The van der Waals surface area contributed by atoms with E-state index < -0.39 is 0 Å². The van der Waals surface area contributed by atoms with Crippen molar-refractivity contribution in [3.05, 3.63) is 24.1 Å². The van der Waals surface area contributed by atoms with E-state index in [2.05, 4.69) is 15.0 Å². The van der Waals surface area contributed by atoms with E-state index in [1.165, 1.54) is 0 Å². The Morgan fingerprint density at radius 1 is 1.33 bits per heavy atom. The lowest BCUT2D eigenvalue weighted by molar-refractivity contribution is 0.538. The maximum Gasteiger partial charge on any atom is 0.223 e. The number of aromatic nitrogens is 1. The third-order valence-corrected chi connectivity index (χ3v) is 2.22. The first-order valence-electron chi connectivity index (χ1n) is 5.42.